The number of sulfonamides is 1. The molecule has 0 saturated carbocycles. The van der Waals surface area contributed by atoms with Crippen LogP contribution in [0.15, 0.2) is 53.1 Å². The first-order valence-corrected chi connectivity index (χ1v) is 13.6. The van der Waals surface area contributed by atoms with Crippen LogP contribution in [0.25, 0.3) is 0 Å². The van der Waals surface area contributed by atoms with Crippen LogP contribution < -0.4 is 11.5 Å². The van der Waals surface area contributed by atoms with Crippen molar-refractivity contribution in [3.63, 3.8) is 0 Å². The molecule has 202 valence electrons. The maximum atomic E-state index is 14.0. The van der Waals surface area contributed by atoms with Crippen molar-refractivity contribution in [3.8, 4) is 0 Å². The number of nitrogens with zero attached hydrogens (tertiary/aromatic N) is 3. The molecule has 11 nitrogen and oxygen atoms in total. The van der Waals surface area contributed by atoms with Crippen LogP contribution >= 0.6 is 0 Å². The van der Waals surface area contributed by atoms with Crippen LogP contribution in [-0.2, 0) is 39.0 Å². The van der Waals surface area contributed by atoms with Gasteiger partial charge in [0, 0.05) is 32.3 Å². The zero-order chi connectivity index (χ0) is 27.8. The lowest BCUT2D eigenvalue weighted by atomic mass is 9.80. The molecular formula is C26H32N6O5S. The smallest absolute Gasteiger partial charge is 0.333 e. The number of rotatable bonds is 8. The van der Waals surface area contributed by atoms with Crippen LogP contribution in [0.4, 0.5) is 0 Å². The van der Waals surface area contributed by atoms with Crippen molar-refractivity contribution in [2.75, 3.05) is 20.1 Å². The van der Waals surface area contributed by atoms with Crippen molar-refractivity contribution < 1.29 is 23.1 Å². The van der Waals surface area contributed by atoms with E-state index < -0.39 is 33.4 Å². The molecule has 0 bridgehead atoms. The second kappa shape index (κ2) is 10.4. The van der Waals surface area contributed by atoms with E-state index >= 15 is 0 Å². The van der Waals surface area contributed by atoms with Crippen LogP contribution in [0, 0.1) is 5.41 Å². The molecule has 2 aliphatic rings. The Morgan fingerprint density at radius 1 is 1.24 bits per heavy atom. The molecule has 0 spiro atoms. The van der Waals surface area contributed by atoms with Gasteiger partial charge in [0.2, 0.25) is 10.0 Å². The van der Waals surface area contributed by atoms with Crippen LogP contribution in [0.3, 0.4) is 0 Å². The molecule has 2 aliphatic heterocycles. The number of likely N-dealkylation sites (N-methyl/N-ethyl adjacent to an activating group) is 1. The van der Waals surface area contributed by atoms with E-state index in [4.69, 9.17) is 16.9 Å². The average Bonchev–Trinajstić information content (AvgIpc) is 2.87. The number of hydrogen-bond donors (Lipinski definition) is 4. The molecule has 1 aromatic carbocycles. The number of carbonyl (C=O) groups excluding carboxylic acids is 1. The largest absolute Gasteiger partial charge is 0.479 e. The Morgan fingerprint density at radius 2 is 1.97 bits per heavy atom. The normalized spacial score (nSPS) is 21.3. The minimum atomic E-state index is -4.40. The van der Waals surface area contributed by atoms with Crippen LogP contribution in [-0.4, -0.2) is 77.0 Å². The maximum absolute atomic E-state index is 14.0. The molecular weight excluding hydrogens is 508 g/mol. The lowest BCUT2D eigenvalue weighted by Gasteiger charge is -2.42. The summed E-state index contributed by atoms with van der Waals surface area (Å²) in [6.45, 7) is 2.81. The highest BCUT2D eigenvalue weighted by Gasteiger charge is 2.58. The number of aromatic nitrogens is 1. The number of nitrogen functional groups attached to an aromatic ring is 1. The van der Waals surface area contributed by atoms with E-state index in [2.05, 4.69) is 9.88 Å². The van der Waals surface area contributed by atoms with Gasteiger partial charge in [-0.1, -0.05) is 17.7 Å². The fraction of sp³-hybridized carbons (Fsp3) is 0.385. The van der Waals surface area contributed by atoms with Crippen molar-refractivity contribution in [1.82, 2.24) is 14.2 Å². The van der Waals surface area contributed by atoms with Crippen molar-refractivity contribution >= 4 is 27.6 Å². The SMILES string of the molecule is CC1=CCN(S(=O)(=O)c2ccc3c(c2)CN(C)CC3)[C@@](C(=O)O)(C(=O)C(N)Cc2ccnc(C(=N)N)c2)C1. The third-order valence-corrected chi connectivity index (χ3v) is 9.08. The van der Waals surface area contributed by atoms with Gasteiger partial charge in [0.15, 0.2) is 11.3 Å². The number of benzene rings is 1. The number of nitrogens with one attached hydrogen (secondary N) is 1. The Bertz CT molecular complexity index is 1440. The Labute approximate surface area is 221 Å². The Hall–Kier alpha value is -3.45. The number of nitrogens with two attached hydrogens (primary N) is 2. The van der Waals surface area contributed by atoms with E-state index in [1.807, 2.05) is 7.05 Å². The summed E-state index contributed by atoms with van der Waals surface area (Å²) in [5.41, 5.74) is 12.5. The summed E-state index contributed by atoms with van der Waals surface area (Å²) in [6, 6.07) is 6.54. The predicted octanol–water partition coefficient (Wildman–Crippen LogP) is 0.657. The molecule has 0 saturated heterocycles. The monoisotopic (exact) mass is 540 g/mol. The molecule has 6 N–H and O–H groups in total. The molecule has 38 heavy (non-hydrogen) atoms. The number of Topliss-reactive ketones (excluding diaryl/α,β-unsaturated/α-hetero) is 1. The number of carboxylic acid groups (broad SMARTS) is 1. The van der Waals surface area contributed by atoms with Crippen LogP contribution in [0.5, 0.6) is 0 Å². The highest BCUT2D eigenvalue weighted by Crippen LogP contribution is 2.37. The van der Waals surface area contributed by atoms with E-state index in [-0.39, 0.29) is 35.8 Å². The standard InChI is InChI=1S/C26H32N6O5S/c1-16-6-10-32(38(36,37)20-4-3-18-7-9-31(2)15-19(18)13-20)26(14-16,25(34)35)23(33)21(27)11-17-5-8-30-22(12-17)24(28)29/h3-6,8,12-13,21H,7,9-11,14-15,27H2,1-2H3,(H3,28,29)(H,34,35)/t21?,26-/m1/s1. The number of carbonyl (C=O) groups is 2. The summed E-state index contributed by atoms with van der Waals surface area (Å²) in [6.07, 6.45) is 3.40. The number of aliphatic carboxylic acids is 1. The highest BCUT2D eigenvalue weighted by molar-refractivity contribution is 7.89. The zero-order valence-corrected chi connectivity index (χ0v) is 22.2. The van der Waals surface area contributed by atoms with Crippen molar-refractivity contribution in [2.45, 2.75) is 49.2 Å². The number of hydrogen-bond acceptors (Lipinski definition) is 8. The van der Waals surface area contributed by atoms with E-state index in [1.165, 1.54) is 18.3 Å². The topological polar surface area (TPSA) is 184 Å². The van der Waals surface area contributed by atoms with E-state index in [1.54, 1.807) is 31.2 Å². The number of pyridine rings is 1. The van der Waals surface area contributed by atoms with Crippen molar-refractivity contribution in [2.24, 2.45) is 11.5 Å². The van der Waals surface area contributed by atoms with Gasteiger partial charge in [-0.2, -0.15) is 4.31 Å². The molecule has 1 unspecified atom stereocenters. The van der Waals surface area contributed by atoms with Gasteiger partial charge in [0.25, 0.3) is 0 Å². The summed E-state index contributed by atoms with van der Waals surface area (Å²) in [4.78, 5) is 32.7. The second-order valence-electron chi connectivity index (χ2n) is 9.98. The fourth-order valence-electron chi connectivity index (χ4n) is 5.12. The van der Waals surface area contributed by atoms with E-state index in [0.29, 0.717) is 17.7 Å². The van der Waals surface area contributed by atoms with Gasteiger partial charge in [-0.05, 0) is 67.8 Å². The Kier molecular flexibility index (Phi) is 7.53. The first-order chi connectivity index (χ1) is 17.9. The predicted molar refractivity (Wildman–Crippen MR) is 141 cm³/mol. The third-order valence-electron chi connectivity index (χ3n) is 7.19. The Balaban J connectivity index is 1.74. The lowest BCUT2D eigenvalue weighted by Crippen LogP contribution is -2.67. The number of amidine groups is 1. The summed E-state index contributed by atoms with van der Waals surface area (Å²) in [7, 11) is -2.46. The number of carboxylic acids is 1. The molecule has 2 aromatic rings. The second-order valence-corrected chi connectivity index (χ2v) is 11.8. The average molecular weight is 541 g/mol. The van der Waals surface area contributed by atoms with Gasteiger partial charge in [-0.25, -0.2) is 13.2 Å². The zero-order valence-electron chi connectivity index (χ0n) is 21.3. The first-order valence-electron chi connectivity index (χ1n) is 12.2. The van der Waals surface area contributed by atoms with Gasteiger partial charge in [-0.3, -0.25) is 15.2 Å². The summed E-state index contributed by atoms with van der Waals surface area (Å²) in [5, 5.41) is 18.0. The van der Waals surface area contributed by atoms with Crippen molar-refractivity contribution in [1.29, 1.82) is 5.41 Å². The highest BCUT2D eigenvalue weighted by atomic mass is 32.2. The lowest BCUT2D eigenvalue weighted by molar-refractivity contribution is -0.155. The van der Waals surface area contributed by atoms with Crippen LogP contribution in [0.2, 0.25) is 0 Å². The third kappa shape index (κ3) is 4.99. The van der Waals surface area contributed by atoms with Gasteiger partial charge in [0.1, 0.15) is 11.5 Å². The summed E-state index contributed by atoms with van der Waals surface area (Å²) in [5.74, 6) is -2.76. The molecule has 3 heterocycles. The van der Waals surface area contributed by atoms with Crippen molar-refractivity contribution in [3.05, 3.63) is 70.6 Å². The first kappa shape index (κ1) is 27.6. The Morgan fingerprint density at radius 3 is 2.66 bits per heavy atom. The van der Waals surface area contributed by atoms with Gasteiger partial charge >= 0.3 is 5.97 Å². The molecule has 0 radical (unpaired) electrons. The molecule has 12 heteroatoms. The molecule has 1 aromatic heterocycles. The number of ketones is 1. The number of fused-ring (bicyclic) bond motifs is 1. The summed E-state index contributed by atoms with van der Waals surface area (Å²) < 4.78 is 28.7. The molecule has 0 amide bonds. The quantitative estimate of drug-likeness (QED) is 0.162. The summed E-state index contributed by atoms with van der Waals surface area (Å²) >= 11 is 0. The van der Waals surface area contributed by atoms with E-state index in [0.717, 1.165) is 28.4 Å². The fourth-order valence-corrected chi connectivity index (χ4v) is 6.82. The molecule has 4 rings (SSSR count). The van der Waals surface area contributed by atoms with Gasteiger partial charge in [0.05, 0.1) is 10.9 Å². The van der Waals surface area contributed by atoms with Gasteiger partial charge < -0.3 is 21.5 Å². The maximum Gasteiger partial charge on any atom is 0.333 e. The van der Waals surface area contributed by atoms with Crippen LogP contribution in [0.1, 0.15) is 35.7 Å². The molecule has 2 atom stereocenters. The molecule has 0 aliphatic carbocycles. The minimum Gasteiger partial charge on any atom is -0.479 e. The van der Waals surface area contributed by atoms with E-state index in [9.17, 15) is 23.1 Å². The minimum absolute atomic E-state index is 0.0632. The molecule has 0 fully saturated rings. The van der Waals surface area contributed by atoms with Gasteiger partial charge in [-0.15, -0.1) is 0 Å².